The summed E-state index contributed by atoms with van der Waals surface area (Å²) in [6, 6.07) is 0. The Balaban J connectivity index is 2.90. The molecule has 0 amide bonds. The summed E-state index contributed by atoms with van der Waals surface area (Å²) in [7, 11) is 0. The zero-order chi connectivity index (χ0) is 12.8. The van der Waals surface area contributed by atoms with E-state index in [4.69, 9.17) is 0 Å². The summed E-state index contributed by atoms with van der Waals surface area (Å²) in [5.41, 5.74) is 3.13. The van der Waals surface area contributed by atoms with Crippen molar-refractivity contribution in [3.05, 3.63) is 23.4 Å². The molecule has 1 aliphatic carbocycles. The van der Waals surface area contributed by atoms with Crippen LogP contribution in [0.2, 0.25) is 0 Å². The van der Waals surface area contributed by atoms with Crippen LogP contribution in [-0.2, 0) is 0 Å². The van der Waals surface area contributed by atoms with Crippen molar-refractivity contribution < 1.29 is 4.39 Å². The molecule has 0 aromatic heterocycles. The largest absolute Gasteiger partial charge is 0.259 e. The Hall–Kier alpha value is -0.920. The van der Waals surface area contributed by atoms with Gasteiger partial charge in [0, 0.05) is 17.3 Å². The lowest BCUT2D eigenvalue weighted by atomic mass is 9.82. The standard InChI is InChI=1S/C15H24FN/c1-5-6-13-7-8-15(17-12(4)10-16)14(9-13)11(2)3/h7-8,11,14H,5-6,9-10H2,1-4H3/b17-12+. The Morgan fingerprint density at radius 1 is 1.47 bits per heavy atom. The molecule has 0 bridgehead atoms. The molecule has 0 saturated heterocycles. The summed E-state index contributed by atoms with van der Waals surface area (Å²) < 4.78 is 12.5. The smallest absolute Gasteiger partial charge is 0.127 e. The summed E-state index contributed by atoms with van der Waals surface area (Å²) >= 11 is 0. The number of hydrogen-bond donors (Lipinski definition) is 0. The highest BCUT2D eigenvalue weighted by atomic mass is 19.1. The topological polar surface area (TPSA) is 12.4 Å². The molecular formula is C15H24FN. The summed E-state index contributed by atoms with van der Waals surface area (Å²) in [6.07, 6.45) is 7.69. The minimum Gasteiger partial charge on any atom is -0.259 e. The molecule has 0 fully saturated rings. The van der Waals surface area contributed by atoms with E-state index in [1.807, 2.05) is 0 Å². The van der Waals surface area contributed by atoms with Crippen molar-refractivity contribution in [2.24, 2.45) is 16.8 Å². The molecule has 0 aromatic carbocycles. The van der Waals surface area contributed by atoms with Gasteiger partial charge in [-0.1, -0.05) is 38.8 Å². The highest BCUT2D eigenvalue weighted by Gasteiger charge is 2.22. The van der Waals surface area contributed by atoms with Crippen LogP contribution in [0.25, 0.3) is 0 Å². The van der Waals surface area contributed by atoms with Gasteiger partial charge in [0.15, 0.2) is 0 Å². The second-order valence-corrected chi connectivity index (χ2v) is 5.20. The van der Waals surface area contributed by atoms with E-state index >= 15 is 0 Å². The van der Waals surface area contributed by atoms with Gasteiger partial charge in [0.25, 0.3) is 0 Å². The Labute approximate surface area is 105 Å². The fraction of sp³-hybridized carbons (Fsp3) is 0.667. The molecule has 1 atom stereocenters. The Bertz CT molecular complexity index is 337. The lowest BCUT2D eigenvalue weighted by molar-refractivity contribution is 0.426. The first-order chi connectivity index (χ1) is 8.08. The van der Waals surface area contributed by atoms with Crippen molar-refractivity contribution in [3.63, 3.8) is 0 Å². The molecule has 0 aliphatic heterocycles. The Kier molecular flexibility index (Phi) is 5.60. The zero-order valence-electron chi connectivity index (χ0n) is 11.5. The minimum atomic E-state index is -0.451. The number of allylic oxidation sites excluding steroid dienone is 4. The quantitative estimate of drug-likeness (QED) is 0.614. The molecule has 17 heavy (non-hydrogen) atoms. The third kappa shape index (κ3) is 4.10. The maximum atomic E-state index is 12.5. The van der Waals surface area contributed by atoms with Gasteiger partial charge in [-0.25, -0.2) is 4.39 Å². The monoisotopic (exact) mass is 237 g/mol. The molecule has 0 saturated carbocycles. The number of nitrogens with zero attached hydrogens (tertiary/aromatic N) is 1. The molecule has 0 aromatic rings. The predicted molar refractivity (Wildman–Crippen MR) is 73.1 cm³/mol. The van der Waals surface area contributed by atoms with Crippen molar-refractivity contribution in [2.75, 3.05) is 6.67 Å². The molecule has 0 spiro atoms. The summed E-state index contributed by atoms with van der Waals surface area (Å²) in [5, 5.41) is 0. The summed E-state index contributed by atoms with van der Waals surface area (Å²) in [6.45, 7) is 7.94. The van der Waals surface area contributed by atoms with E-state index in [1.54, 1.807) is 6.92 Å². The van der Waals surface area contributed by atoms with Crippen molar-refractivity contribution in [2.45, 2.75) is 47.0 Å². The fourth-order valence-corrected chi connectivity index (χ4v) is 2.24. The molecule has 1 aliphatic rings. The lowest BCUT2D eigenvalue weighted by Crippen LogP contribution is -2.15. The average Bonchev–Trinajstić information content (AvgIpc) is 2.31. The Morgan fingerprint density at radius 3 is 2.71 bits per heavy atom. The molecule has 0 radical (unpaired) electrons. The third-order valence-electron chi connectivity index (χ3n) is 3.24. The summed E-state index contributed by atoms with van der Waals surface area (Å²) in [5.74, 6) is 1.00. The van der Waals surface area contributed by atoms with E-state index < -0.39 is 6.67 Å². The highest BCUT2D eigenvalue weighted by molar-refractivity contribution is 5.84. The van der Waals surface area contributed by atoms with Crippen LogP contribution in [0, 0.1) is 11.8 Å². The van der Waals surface area contributed by atoms with Crippen molar-refractivity contribution in [1.82, 2.24) is 0 Å². The number of aliphatic imine (C=N–C) groups is 1. The van der Waals surface area contributed by atoms with Crippen LogP contribution < -0.4 is 0 Å². The first-order valence-electron chi connectivity index (χ1n) is 6.58. The van der Waals surface area contributed by atoms with Crippen LogP contribution in [0.5, 0.6) is 0 Å². The molecule has 0 heterocycles. The fourth-order valence-electron chi connectivity index (χ4n) is 2.24. The molecule has 0 N–H and O–H groups in total. The van der Waals surface area contributed by atoms with Crippen LogP contribution in [0.4, 0.5) is 4.39 Å². The van der Waals surface area contributed by atoms with E-state index in [1.165, 1.54) is 18.4 Å². The van der Waals surface area contributed by atoms with Gasteiger partial charge in [-0.15, -0.1) is 0 Å². The van der Waals surface area contributed by atoms with E-state index in [9.17, 15) is 4.39 Å². The van der Waals surface area contributed by atoms with Crippen molar-refractivity contribution in [3.8, 4) is 0 Å². The number of hydrogen-bond acceptors (Lipinski definition) is 1. The van der Waals surface area contributed by atoms with Crippen LogP contribution >= 0.6 is 0 Å². The van der Waals surface area contributed by atoms with Crippen LogP contribution in [0.15, 0.2) is 28.4 Å². The van der Waals surface area contributed by atoms with Gasteiger partial charge >= 0.3 is 0 Å². The third-order valence-corrected chi connectivity index (χ3v) is 3.24. The molecule has 1 rings (SSSR count). The van der Waals surface area contributed by atoms with Crippen LogP contribution in [0.1, 0.15) is 47.0 Å². The Morgan fingerprint density at radius 2 is 2.18 bits per heavy atom. The van der Waals surface area contributed by atoms with Crippen LogP contribution in [-0.4, -0.2) is 12.4 Å². The SMILES string of the molecule is CCCC1=CC=C(/N=C(\C)CF)C(C(C)C)C1. The van der Waals surface area contributed by atoms with Gasteiger partial charge in [-0.2, -0.15) is 0 Å². The van der Waals surface area contributed by atoms with E-state index in [-0.39, 0.29) is 0 Å². The van der Waals surface area contributed by atoms with Crippen molar-refractivity contribution >= 4 is 5.71 Å². The zero-order valence-corrected chi connectivity index (χ0v) is 11.5. The molecular weight excluding hydrogens is 213 g/mol. The molecule has 2 heteroatoms. The predicted octanol–water partition coefficient (Wildman–Crippen LogP) is 4.70. The maximum Gasteiger partial charge on any atom is 0.127 e. The minimum absolute atomic E-state index is 0.447. The lowest BCUT2D eigenvalue weighted by Gasteiger charge is -2.26. The number of rotatable bonds is 5. The first-order valence-corrected chi connectivity index (χ1v) is 6.58. The first kappa shape index (κ1) is 14.1. The molecule has 1 unspecified atom stereocenters. The second kappa shape index (κ2) is 6.73. The second-order valence-electron chi connectivity index (χ2n) is 5.20. The van der Waals surface area contributed by atoms with E-state index in [2.05, 4.69) is 37.9 Å². The van der Waals surface area contributed by atoms with Crippen LogP contribution in [0.3, 0.4) is 0 Å². The van der Waals surface area contributed by atoms with Gasteiger partial charge < -0.3 is 0 Å². The van der Waals surface area contributed by atoms with Gasteiger partial charge in [0.05, 0.1) is 0 Å². The number of alkyl halides is 1. The van der Waals surface area contributed by atoms with E-state index in [0.29, 0.717) is 17.5 Å². The summed E-state index contributed by atoms with van der Waals surface area (Å²) in [4.78, 5) is 4.41. The molecule has 1 nitrogen and oxygen atoms in total. The van der Waals surface area contributed by atoms with E-state index in [0.717, 1.165) is 12.1 Å². The number of halogens is 1. The maximum absolute atomic E-state index is 12.5. The highest BCUT2D eigenvalue weighted by Crippen LogP contribution is 2.33. The average molecular weight is 237 g/mol. The van der Waals surface area contributed by atoms with Gasteiger partial charge in [0.2, 0.25) is 0 Å². The van der Waals surface area contributed by atoms with Gasteiger partial charge in [-0.3, -0.25) is 4.99 Å². The molecule has 96 valence electrons. The van der Waals surface area contributed by atoms with Gasteiger partial charge in [0.1, 0.15) is 6.67 Å². The van der Waals surface area contributed by atoms with Crippen molar-refractivity contribution in [1.29, 1.82) is 0 Å². The normalized spacial score (nSPS) is 21.5. The van der Waals surface area contributed by atoms with Gasteiger partial charge in [-0.05, 0) is 31.8 Å².